The highest BCUT2D eigenvalue weighted by molar-refractivity contribution is 5.75. The molecule has 0 spiro atoms. The van der Waals surface area contributed by atoms with Crippen molar-refractivity contribution in [3.63, 3.8) is 0 Å². The van der Waals surface area contributed by atoms with Gasteiger partial charge in [0.2, 0.25) is 0 Å². The summed E-state index contributed by atoms with van der Waals surface area (Å²) in [6.45, 7) is 4.20. The molecule has 0 amide bonds. The lowest BCUT2D eigenvalue weighted by atomic mass is 10.0. The van der Waals surface area contributed by atoms with E-state index in [1.54, 1.807) is 0 Å². The molecule has 1 aromatic carbocycles. The number of hydrogen-bond donors (Lipinski definition) is 2. The first-order chi connectivity index (χ1) is 9.26. The Bertz CT molecular complexity index is 564. The molecule has 4 heteroatoms. The molecular weight excluding hydrogens is 238 g/mol. The van der Waals surface area contributed by atoms with Crippen LogP contribution in [-0.4, -0.2) is 39.2 Å². The number of piperidine rings is 1. The second kappa shape index (κ2) is 5.31. The van der Waals surface area contributed by atoms with Gasteiger partial charge in [-0.2, -0.15) is 0 Å². The van der Waals surface area contributed by atoms with Crippen molar-refractivity contribution in [1.29, 1.82) is 0 Å². The van der Waals surface area contributed by atoms with Crippen molar-refractivity contribution in [3.8, 4) is 0 Å². The van der Waals surface area contributed by atoms with Gasteiger partial charge in [-0.25, -0.2) is 4.98 Å². The van der Waals surface area contributed by atoms with E-state index in [1.165, 1.54) is 18.4 Å². The Labute approximate surface area is 113 Å². The molecule has 1 aromatic heterocycles. The van der Waals surface area contributed by atoms with Gasteiger partial charge in [-0.15, -0.1) is 0 Å². The number of benzene rings is 1. The summed E-state index contributed by atoms with van der Waals surface area (Å²) in [5.41, 5.74) is 3.37. The maximum absolute atomic E-state index is 9.44. The van der Waals surface area contributed by atoms with E-state index in [1.807, 2.05) is 0 Å². The smallest absolute Gasteiger partial charge is 0.121 e. The average Bonchev–Trinajstić information content (AvgIpc) is 2.80. The summed E-state index contributed by atoms with van der Waals surface area (Å²) >= 11 is 0. The fourth-order valence-corrected chi connectivity index (χ4v) is 2.92. The Morgan fingerprint density at radius 2 is 2.32 bits per heavy atom. The minimum atomic E-state index is 0.249. The molecule has 0 saturated carbocycles. The third-order valence-electron chi connectivity index (χ3n) is 4.00. The van der Waals surface area contributed by atoms with Crippen molar-refractivity contribution >= 4 is 11.0 Å². The summed E-state index contributed by atoms with van der Waals surface area (Å²) in [7, 11) is 0. The number of aromatic nitrogens is 2. The fraction of sp³-hybridized carbons (Fsp3) is 0.533. The molecule has 0 bridgehead atoms. The second-order valence-electron chi connectivity index (χ2n) is 5.51. The number of H-pyrrole nitrogens is 1. The molecule has 2 heterocycles. The Morgan fingerprint density at radius 1 is 1.42 bits per heavy atom. The highest BCUT2D eigenvalue weighted by atomic mass is 16.3. The van der Waals surface area contributed by atoms with E-state index in [0.29, 0.717) is 6.04 Å². The maximum atomic E-state index is 9.44. The third kappa shape index (κ3) is 2.65. The lowest BCUT2D eigenvalue weighted by Gasteiger charge is -2.33. The summed E-state index contributed by atoms with van der Waals surface area (Å²) in [5.74, 6) is 1.00. The van der Waals surface area contributed by atoms with Crippen LogP contribution >= 0.6 is 0 Å². The maximum Gasteiger partial charge on any atom is 0.121 e. The summed E-state index contributed by atoms with van der Waals surface area (Å²) in [5, 5.41) is 9.44. The van der Waals surface area contributed by atoms with Gasteiger partial charge < -0.3 is 10.1 Å². The van der Waals surface area contributed by atoms with Crippen LogP contribution in [0.15, 0.2) is 18.2 Å². The van der Waals surface area contributed by atoms with Crippen LogP contribution < -0.4 is 0 Å². The van der Waals surface area contributed by atoms with E-state index < -0.39 is 0 Å². The lowest BCUT2D eigenvalue weighted by molar-refractivity contribution is 0.0822. The van der Waals surface area contributed by atoms with Crippen molar-refractivity contribution in [2.75, 3.05) is 13.2 Å². The third-order valence-corrected chi connectivity index (χ3v) is 4.00. The monoisotopic (exact) mass is 259 g/mol. The number of nitrogens with zero attached hydrogens (tertiary/aromatic N) is 2. The minimum Gasteiger partial charge on any atom is -0.395 e. The van der Waals surface area contributed by atoms with Gasteiger partial charge >= 0.3 is 0 Å². The Hall–Kier alpha value is -1.39. The minimum absolute atomic E-state index is 0.249. The van der Waals surface area contributed by atoms with E-state index in [0.717, 1.165) is 36.4 Å². The predicted molar refractivity (Wildman–Crippen MR) is 76.0 cm³/mol. The highest BCUT2D eigenvalue weighted by Gasteiger charge is 2.22. The normalized spacial score (nSPS) is 21.1. The topological polar surface area (TPSA) is 52.1 Å². The molecule has 1 aliphatic heterocycles. The van der Waals surface area contributed by atoms with Crippen LogP contribution in [0.5, 0.6) is 0 Å². The summed E-state index contributed by atoms with van der Waals surface area (Å²) < 4.78 is 0. The molecule has 3 rings (SSSR count). The molecule has 2 N–H and O–H groups in total. The number of likely N-dealkylation sites (tertiary alicyclic amines) is 1. The van der Waals surface area contributed by atoms with Crippen LogP contribution in [0.25, 0.3) is 11.0 Å². The van der Waals surface area contributed by atoms with Crippen molar-refractivity contribution in [1.82, 2.24) is 14.9 Å². The first-order valence-electron chi connectivity index (χ1n) is 7.06. The SMILES string of the molecule is Cc1ccc2nc(CN3CCCC[C@H]3CO)[nH]c2c1. The largest absolute Gasteiger partial charge is 0.395 e. The number of nitrogens with one attached hydrogen (secondary N) is 1. The van der Waals surface area contributed by atoms with Gasteiger partial charge in [-0.3, -0.25) is 4.90 Å². The van der Waals surface area contributed by atoms with Gasteiger partial charge in [-0.05, 0) is 44.0 Å². The molecule has 0 radical (unpaired) electrons. The van der Waals surface area contributed by atoms with Crippen LogP contribution in [0.3, 0.4) is 0 Å². The first-order valence-corrected chi connectivity index (χ1v) is 7.06. The Balaban J connectivity index is 1.80. The van der Waals surface area contributed by atoms with E-state index in [4.69, 9.17) is 0 Å². The van der Waals surface area contributed by atoms with E-state index in [-0.39, 0.29) is 6.61 Å². The summed E-state index contributed by atoms with van der Waals surface area (Å²) in [6, 6.07) is 6.57. The number of aliphatic hydroxyl groups excluding tert-OH is 1. The van der Waals surface area contributed by atoms with Crippen LogP contribution in [0.2, 0.25) is 0 Å². The molecule has 102 valence electrons. The van der Waals surface area contributed by atoms with Crippen LogP contribution in [0.1, 0.15) is 30.7 Å². The second-order valence-corrected chi connectivity index (χ2v) is 5.51. The van der Waals surface area contributed by atoms with Crippen LogP contribution in [0.4, 0.5) is 0 Å². The van der Waals surface area contributed by atoms with Gasteiger partial charge in [0.05, 0.1) is 24.2 Å². The molecule has 4 nitrogen and oxygen atoms in total. The number of rotatable bonds is 3. The van der Waals surface area contributed by atoms with Gasteiger partial charge in [-0.1, -0.05) is 12.5 Å². The van der Waals surface area contributed by atoms with Crippen molar-refractivity contribution in [2.24, 2.45) is 0 Å². The molecule has 1 saturated heterocycles. The van der Waals surface area contributed by atoms with Gasteiger partial charge in [0.1, 0.15) is 5.82 Å². The molecule has 1 fully saturated rings. The standard InChI is InChI=1S/C15H21N3O/c1-11-5-6-13-14(8-11)17-15(16-13)9-18-7-3-2-4-12(18)10-19/h5-6,8,12,19H,2-4,7,9-10H2,1H3,(H,16,17)/t12-/m0/s1. The lowest BCUT2D eigenvalue weighted by Crippen LogP contribution is -2.41. The summed E-state index contributed by atoms with van der Waals surface area (Å²) in [6.07, 6.45) is 3.53. The van der Waals surface area contributed by atoms with E-state index in [9.17, 15) is 5.11 Å². The molecular formula is C15H21N3O. The molecule has 2 aromatic rings. The molecule has 0 unspecified atom stereocenters. The van der Waals surface area contributed by atoms with Crippen LogP contribution in [-0.2, 0) is 6.54 Å². The zero-order chi connectivity index (χ0) is 13.2. The number of aryl methyl sites for hydroxylation is 1. The average molecular weight is 259 g/mol. The zero-order valence-corrected chi connectivity index (χ0v) is 11.4. The number of fused-ring (bicyclic) bond motifs is 1. The Morgan fingerprint density at radius 3 is 3.16 bits per heavy atom. The molecule has 19 heavy (non-hydrogen) atoms. The van der Waals surface area contributed by atoms with Crippen molar-refractivity contribution < 1.29 is 5.11 Å². The highest BCUT2D eigenvalue weighted by Crippen LogP contribution is 2.20. The quantitative estimate of drug-likeness (QED) is 0.888. The molecule has 1 aliphatic rings. The fourth-order valence-electron chi connectivity index (χ4n) is 2.92. The van der Waals surface area contributed by atoms with Crippen molar-refractivity contribution in [3.05, 3.63) is 29.6 Å². The molecule has 1 atom stereocenters. The number of hydrogen-bond acceptors (Lipinski definition) is 3. The van der Waals surface area contributed by atoms with Crippen LogP contribution in [0, 0.1) is 6.92 Å². The zero-order valence-electron chi connectivity index (χ0n) is 11.4. The number of aliphatic hydroxyl groups is 1. The van der Waals surface area contributed by atoms with E-state index >= 15 is 0 Å². The summed E-state index contributed by atoms with van der Waals surface area (Å²) in [4.78, 5) is 10.4. The van der Waals surface area contributed by atoms with E-state index in [2.05, 4.69) is 40.0 Å². The van der Waals surface area contributed by atoms with Gasteiger partial charge in [0, 0.05) is 6.04 Å². The molecule has 0 aliphatic carbocycles. The predicted octanol–water partition coefficient (Wildman–Crippen LogP) is 2.22. The van der Waals surface area contributed by atoms with Gasteiger partial charge in [0.15, 0.2) is 0 Å². The number of aromatic amines is 1. The van der Waals surface area contributed by atoms with Crippen molar-refractivity contribution in [2.45, 2.75) is 38.8 Å². The number of imidazole rings is 1. The Kier molecular flexibility index (Phi) is 3.53. The first kappa shape index (κ1) is 12.6. The van der Waals surface area contributed by atoms with Gasteiger partial charge in [0.25, 0.3) is 0 Å².